The van der Waals surface area contributed by atoms with Crippen LogP contribution in [0.3, 0.4) is 0 Å². The molecule has 3 aromatic rings. The molecule has 1 aromatic heterocycles. The highest BCUT2D eigenvalue weighted by Gasteiger charge is 2.41. The number of nitrogens with one attached hydrogen (secondary N) is 1. The Bertz CT molecular complexity index is 1140. The number of fused-ring (bicyclic) bond motifs is 1. The first-order valence-electron chi connectivity index (χ1n) is 9.97. The fourth-order valence-electron chi connectivity index (χ4n) is 4.46. The average Bonchev–Trinajstić information content (AvgIpc) is 3.33. The summed E-state index contributed by atoms with van der Waals surface area (Å²) in [6.07, 6.45) is 1.20. The van der Waals surface area contributed by atoms with E-state index in [-0.39, 0.29) is 22.2 Å². The van der Waals surface area contributed by atoms with Crippen molar-refractivity contribution in [3.8, 4) is 11.1 Å². The van der Waals surface area contributed by atoms with Gasteiger partial charge in [-0.1, -0.05) is 29.8 Å². The molecule has 1 saturated carbocycles. The van der Waals surface area contributed by atoms with Gasteiger partial charge in [0, 0.05) is 12.0 Å². The fraction of sp³-hybridized carbons (Fsp3) is 0.364. The van der Waals surface area contributed by atoms with Gasteiger partial charge in [0.1, 0.15) is 16.8 Å². The molecule has 2 aromatic carbocycles. The third-order valence-corrected chi connectivity index (χ3v) is 5.99. The molecule has 1 aliphatic carbocycles. The second-order valence-corrected chi connectivity index (χ2v) is 8.00. The van der Waals surface area contributed by atoms with Crippen molar-refractivity contribution >= 4 is 16.7 Å². The van der Waals surface area contributed by atoms with Crippen molar-refractivity contribution in [3.63, 3.8) is 0 Å². The maximum Gasteiger partial charge on any atom is 0.417 e. The molecule has 4 nitrogen and oxygen atoms in total. The van der Waals surface area contributed by atoms with Gasteiger partial charge in [-0.15, -0.1) is 0 Å². The number of aromatic nitrogens is 2. The molecule has 1 N–H and O–H groups in total. The lowest BCUT2D eigenvalue weighted by atomic mass is 9.81. The van der Waals surface area contributed by atoms with Gasteiger partial charge >= 0.3 is 6.18 Å². The predicted octanol–water partition coefficient (Wildman–Crippen LogP) is 6.22. The lowest BCUT2D eigenvalue weighted by Gasteiger charge is -2.30. The molecule has 0 saturated heterocycles. The first-order valence-corrected chi connectivity index (χ1v) is 9.97. The Morgan fingerprint density at radius 1 is 0.967 bits per heavy atom. The van der Waals surface area contributed by atoms with Crippen LogP contribution in [0, 0.1) is 5.82 Å². The van der Waals surface area contributed by atoms with E-state index >= 15 is 4.39 Å². The van der Waals surface area contributed by atoms with E-state index in [1.807, 2.05) is 0 Å². The molecule has 0 unspecified atom stereocenters. The molecule has 2 aliphatic rings. The summed E-state index contributed by atoms with van der Waals surface area (Å²) in [4.78, 5) is 13.1. The van der Waals surface area contributed by atoms with Crippen LogP contribution >= 0.6 is 0 Å². The number of imidazole rings is 1. The minimum absolute atomic E-state index is 0.00762. The molecule has 156 valence electrons. The SMILES string of the molecule is Fc1c(-c2ccccc2C(F)(F)F)ccc2[nH]c(C3=NOC4(CCCCC4)C3)nc12. The van der Waals surface area contributed by atoms with Crippen LogP contribution in [-0.2, 0) is 11.0 Å². The monoisotopic (exact) mass is 417 g/mol. The molecule has 1 aliphatic heterocycles. The zero-order valence-corrected chi connectivity index (χ0v) is 16.0. The molecule has 0 amide bonds. The van der Waals surface area contributed by atoms with E-state index < -0.39 is 17.6 Å². The van der Waals surface area contributed by atoms with Crippen LogP contribution in [0.15, 0.2) is 41.6 Å². The highest BCUT2D eigenvalue weighted by atomic mass is 19.4. The minimum atomic E-state index is -4.58. The Morgan fingerprint density at radius 2 is 1.73 bits per heavy atom. The van der Waals surface area contributed by atoms with E-state index in [9.17, 15) is 13.2 Å². The summed E-state index contributed by atoms with van der Waals surface area (Å²) < 4.78 is 55.4. The van der Waals surface area contributed by atoms with Crippen LogP contribution in [0.5, 0.6) is 0 Å². The Kier molecular flexibility index (Phi) is 4.34. The Morgan fingerprint density at radius 3 is 2.50 bits per heavy atom. The third-order valence-electron chi connectivity index (χ3n) is 5.99. The Hall–Kier alpha value is -2.90. The largest absolute Gasteiger partial charge is 0.417 e. The van der Waals surface area contributed by atoms with E-state index in [1.165, 1.54) is 30.7 Å². The Balaban J connectivity index is 1.53. The number of hydrogen-bond acceptors (Lipinski definition) is 3. The van der Waals surface area contributed by atoms with Crippen LogP contribution in [0.25, 0.3) is 22.2 Å². The van der Waals surface area contributed by atoms with Gasteiger partial charge in [-0.25, -0.2) is 9.37 Å². The number of nitrogens with zero attached hydrogens (tertiary/aromatic N) is 2. The number of oxime groups is 1. The smallest absolute Gasteiger partial charge is 0.388 e. The number of hydrogen-bond donors (Lipinski definition) is 1. The number of H-pyrrole nitrogens is 1. The number of alkyl halides is 3. The summed E-state index contributed by atoms with van der Waals surface area (Å²) in [6.45, 7) is 0. The van der Waals surface area contributed by atoms with Crippen LogP contribution < -0.4 is 0 Å². The second kappa shape index (κ2) is 6.82. The van der Waals surface area contributed by atoms with Gasteiger partial charge in [0.25, 0.3) is 0 Å². The van der Waals surface area contributed by atoms with Crippen molar-refractivity contribution < 1.29 is 22.4 Å². The van der Waals surface area contributed by atoms with Gasteiger partial charge in [-0.2, -0.15) is 13.2 Å². The zero-order chi connectivity index (χ0) is 20.9. The lowest BCUT2D eigenvalue weighted by Crippen LogP contribution is -2.31. The average molecular weight is 417 g/mol. The quantitative estimate of drug-likeness (QED) is 0.504. The molecule has 1 spiro atoms. The first kappa shape index (κ1) is 19.1. The highest BCUT2D eigenvalue weighted by molar-refractivity contribution is 6.01. The maximum atomic E-state index is 15.3. The maximum absolute atomic E-state index is 15.3. The van der Waals surface area contributed by atoms with Crippen LogP contribution in [0.1, 0.15) is 49.9 Å². The van der Waals surface area contributed by atoms with Crippen molar-refractivity contribution in [3.05, 3.63) is 53.6 Å². The number of aromatic amines is 1. The van der Waals surface area contributed by atoms with Gasteiger partial charge < -0.3 is 9.82 Å². The molecular weight excluding hydrogens is 398 g/mol. The summed E-state index contributed by atoms with van der Waals surface area (Å²) in [5.74, 6) is -0.397. The normalized spacial score (nSPS) is 18.6. The van der Waals surface area contributed by atoms with Gasteiger partial charge in [-0.3, -0.25) is 0 Å². The Labute approximate surface area is 169 Å². The van der Waals surface area contributed by atoms with E-state index in [4.69, 9.17) is 4.84 Å². The van der Waals surface area contributed by atoms with Gasteiger partial charge in [0.05, 0.1) is 11.1 Å². The standard InChI is InChI=1S/C22H19F4N3O/c23-18-14(13-6-2-3-7-15(13)22(24,25)26)8-9-16-19(18)28-20(27-16)17-12-21(30-29-17)10-4-1-5-11-21/h2-3,6-9H,1,4-5,10-12H2,(H,27,28). The van der Waals surface area contributed by atoms with Crippen molar-refractivity contribution in [2.24, 2.45) is 5.16 Å². The van der Waals surface area contributed by atoms with Crippen molar-refractivity contribution in [2.75, 3.05) is 0 Å². The summed E-state index contributed by atoms with van der Waals surface area (Å²) in [7, 11) is 0. The van der Waals surface area contributed by atoms with Crippen molar-refractivity contribution in [2.45, 2.75) is 50.3 Å². The number of halogens is 4. The topological polar surface area (TPSA) is 50.3 Å². The second-order valence-electron chi connectivity index (χ2n) is 8.00. The third kappa shape index (κ3) is 3.14. The van der Waals surface area contributed by atoms with Crippen molar-refractivity contribution in [1.82, 2.24) is 9.97 Å². The van der Waals surface area contributed by atoms with Gasteiger partial charge in [-0.05, 0) is 49.4 Å². The first-order chi connectivity index (χ1) is 14.4. The van der Waals surface area contributed by atoms with Crippen LogP contribution in [0.2, 0.25) is 0 Å². The van der Waals surface area contributed by atoms with Crippen LogP contribution in [0.4, 0.5) is 17.6 Å². The molecule has 1 fully saturated rings. The van der Waals surface area contributed by atoms with Crippen LogP contribution in [-0.4, -0.2) is 21.3 Å². The summed E-state index contributed by atoms with van der Waals surface area (Å²) in [6, 6.07) is 7.85. The molecule has 5 rings (SSSR count). The van der Waals surface area contributed by atoms with E-state index in [0.717, 1.165) is 31.7 Å². The lowest BCUT2D eigenvalue weighted by molar-refractivity contribution is -0.137. The summed E-state index contributed by atoms with van der Waals surface area (Å²) in [5.41, 5.74) is -0.521. The molecule has 0 bridgehead atoms. The highest BCUT2D eigenvalue weighted by Crippen LogP contribution is 2.41. The van der Waals surface area contributed by atoms with E-state index in [2.05, 4.69) is 15.1 Å². The number of benzene rings is 2. The summed E-state index contributed by atoms with van der Waals surface area (Å²) >= 11 is 0. The van der Waals surface area contributed by atoms with Gasteiger partial charge in [0.2, 0.25) is 0 Å². The molecular formula is C22H19F4N3O. The van der Waals surface area contributed by atoms with E-state index in [0.29, 0.717) is 23.5 Å². The molecule has 0 atom stereocenters. The minimum Gasteiger partial charge on any atom is -0.388 e. The molecule has 0 radical (unpaired) electrons. The summed E-state index contributed by atoms with van der Waals surface area (Å²) in [5, 5.41) is 4.19. The van der Waals surface area contributed by atoms with Crippen molar-refractivity contribution in [1.29, 1.82) is 0 Å². The molecule has 2 heterocycles. The molecule has 30 heavy (non-hydrogen) atoms. The molecule has 8 heteroatoms. The number of rotatable bonds is 2. The van der Waals surface area contributed by atoms with E-state index in [1.54, 1.807) is 6.07 Å². The zero-order valence-electron chi connectivity index (χ0n) is 16.0. The fourth-order valence-corrected chi connectivity index (χ4v) is 4.46. The predicted molar refractivity (Wildman–Crippen MR) is 105 cm³/mol. The van der Waals surface area contributed by atoms with Gasteiger partial charge in [0.15, 0.2) is 11.6 Å².